The van der Waals surface area contributed by atoms with Crippen LogP contribution in [-0.2, 0) is 14.6 Å². The van der Waals surface area contributed by atoms with E-state index in [0.29, 0.717) is 10.2 Å². The van der Waals surface area contributed by atoms with Gasteiger partial charge in [-0.15, -0.1) is 0 Å². The lowest BCUT2D eigenvalue weighted by atomic mass is 10.1. The smallest absolute Gasteiger partial charge is 0.250 e. The zero-order valence-electron chi connectivity index (χ0n) is 13.5. The van der Waals surface area contributed by atoms with Crippen molar-refractivity contribution in [3.05, 3.63) is 29.3 Å². The van der Waals surface area contributed by atoms with E-state index in [1.165, 1.54) is 11.8 Å². The number of rotatable bonds is 3. The summed E-state index contributed by atoms with van der Waals surface area (Å²) in [5.74, 6) is -0.0941. The molecule has 0 bridgehead atoms. The highest BCUT2D eigenvalue weighted by Crippen LogP contribution is 2.41. The molecular formula is C16H19ClN2O3S2. The van der Waals surface area contributed by atoms with Gasteiger partial charge in [0.05, 0.1) is 17.5 Å². The molecule has 0 saturated carbocycles. The minimum Gasteiger partial charge on any atom is -0.316 e. The lowest BCUT2D eigenvalue weighted by Gasteiger charge is -2.24. The molecule has 2 fully saturated rings. The van der Waals surface area contributed by atoms with Crippen LogP contribution in [0.5, 0.6) is 0 Å². The van der Waals surface area contributed by atoms with E-state index in [-0.39, 0.29) is 34.6 Å². The number of fused-ring (bicyclic) bond motifs is 1. The first-order chi connectivity index (χ1) is 11.3. The Hall–Kier alpha value is -1.05. The van der Waals surface area contributed by atoms with Crippen LogP contribution in [-0.4, -0.2) is 42.3 Å². The highest BCUT2D eigenvalue weighted by molar-refractivity contribution is 8.16. The number of aliphatic imine (C=N–C) groups is 1. The molecule has 0 spiro atoms. The van der Waals surface area contributed by atoms with Gasteiger partial charge in [0.1, 0.15) is 0 Å². The first-order valence-corrected chi connectivity index (χ1v) is 10.9. The summed E-state index contributed by atoms with van der Waals surface area (Å²) in [4.78, 5) is 18.4. The largest absolute Gasteiger partial charge is 0.316 e. The number of halogens is 1. The minimum absolute atomic E-state index is 0.0871. The molecule has 1 amide bonds. The second kappa shape index (κ2) is 6.69. The van der Waals surface area contributed by atoms with Crippen LogP contribution in [0.15, 0.2) is 29.3 Å². The molecule has 0 aromatic heterocycles. The van der Waals surface area contributed by atoms with Crippen molar-refractivity contribution in [2.45, 2.75) is 31.6 Å². The molecular weight excluding hydrogens is 368 g/mol. The molecule has 24 heavy (non-hydrogen) atoms. The predicted molar refractivity (Wildman–Crippen MR) is 99.6 cm³/mol. The van der Waals surface area contributed by atoms with Crippen molar-refractivity contribution in [2.24, 2.45) is 10.9 Å². The van der Waals surface area contributed by atoms with Crippen molar-refractivity contribution in [2.75, 3.05) is 16.4 Å². The standard InChI is InChI=1S/C16H19ClN2O3S2/c1-3-10(2)15(20)18-16-19(12-6-4-11(17)5-7-12)13-8-24(21,22)9-14(13)23-16/h4-7,10,13-14H,3,8-9H2,1-2H3/t10-,13+,14-/m0/s1. The highest BCUT2D eigenvalue weighted by Gasteiger charge is 2.49. The quantitative estimate of drug-likeness (QED) is 0.798. The molecule has 130 valence electrons. The van der Waals surface area contributed by atoms with Crippen molar-refractivity contribution in [3.8, 4) is 0 Å². The molecule has 1 aromatic rings. The summed E-state index contributed by atoms with van der Waals surface area (Å²) in [6.45, 7) is 3.80. The lowest BCUT2D eigenvalue weighted by molar-refractivity contribution is -0.121. The molecule has 2 aliphatic rings. The summed E-state index contributed by atoms with van der Waals surface area (Å²) in [6, 6.07) is 6.99. The van der Waals surface area contributed by atoms with Crippen LogP contribution >= 0.6 is 23.4 Å². The monoisotopic (exact) mass is 386 g/mol. The number of thioether (sulfide) groups is 1. The van der Waals surface area contributed by atoms with E-state index < -0.39 is 9.84 Å². The Bertz CT molecular complexity index is 777. The number of anilines is 1. The van der Waals surface area contributed by atoms with E-state index in [9.17, 15) is 13.2 Å². The van der Waals surface area contributed by atoms with Gasteiger partial charge in [-0.3, -0.25) is 4.79 Å². The van der Waals surface area contributed by atoms with Crippen LogP contribution in [0.4, 0.5) is 5.69 Å². The van der Waals surface area contributed by atoms with E-state index in [0.717, 1.165) is 12.1 Å². The van der Waals surface area contributed by atoms with Crippen LogP contribution in [0, 0.1) is 5.92 Å². The number of benzene rings is 1. The van der Waals surface area contributed by atoms with Gasteiger partial charge in [-0.05, 0) is 30.7 Å². The molecule has 0 radical (unpaired) electrons. The van der Waals surface area contributed by atoms with Crippen LogP contribution in [0.3, 0.4) is 0 Å². The second-order valence-corrected chi connectivity index (χ2v) is 9.99. The van der Waals surface area contributed by atoms with E-state index >= 15 is 0 Å². The number of sulfone groups is 1. The third-order valence-corrected chi connectivity index (χ3v) is 7.87. The Kier molecular flexibility index (Phi) is 4.95. The average molecular weight is 387 g/mol. The van der Waals surface area contributed by atoms with Crippen molar-refractivity contribution in [3.63, 3.8) is 0 Å². The number of nitrogens with zero attached hydrogens (tertiary/aromatic N) is 2. The maximum absolute atomic E-state index is 12.2. The van der Waals surface area contributed by atoms with Gasteiger partial charge in [-0.2, -0.15) is 4.99 Å². The van der Waals surface area contributed by atoms with Crippen LogP contribution < -0.4 is 4.90 Å². The van der Waals surface area contributed by atoms with Gasteiger partial charge in [0, 0.05) is 21.9 Å². The van der Waals surface area contributed by atoms with Gasteiger partial charge >= 0.3 is 0 Å². The first-order valence-electron chi connectivity index (χ1n) is 7.85. The van der Waals surface area contributed by atoms with E-state index in [4.69, 9.17) is 11.6 Å². The second-order valence-electron chi connectivity index (χ2n) is 6.19. The summed E-state index contributed by atoms with van der Waals surface area (Å²) in [5.41, 5.74) is 0.812. The van der Waals surface area contributed by atoms with Gasteiger partial charge in [-0.25, -0.2) is 8.42 Å². The van der Waals surface area contributed by atoms with Gasteiger partial charge in [0.25, 0.3) is 5.91 Å². The van der Waals surface area contributed by atoms with Gasteiger partial charge < -0.3 is 4.90 Å². The fourth-order valence-electron chi connectivity index (χ4n) is 2.85. The summed E-state index contributed by atoms with van der Waals surface area (Å²) in [5, 5.41) is 1.11. The normalized spacial score (nSPS) is 28.1. The fraction of sp³-hybridized carbons (Fsp3) is 0.500. The number of carbonyl (C=O) groups excluding carboxylic acids is 1. The molecule has 2 aliphatic heterocycles. The maximum atomic E-state index is 12.2. The van der Waals surface area contributed by atoms with Crippen molar-refractivity contribution >= 4 is 50.0 Å². The fourth-order valence-corrected chi connectivity index (χ4v) is 6.89. The minimum atomic E-state index is -3.06. The molecule has 3 atom stereocenters. The summed E-state index contributed by atoms with van der Waals surface area (Å²) >= 11 is 7.34. The van der Waals surface area contributed by atoms with E-state index in [1.807, 2.05) is 30.9 Å². The number of amides is 1. The van der Waals surface area contributed by atoms with E-state index in [2.05, 4.69) is 4.99 Å². The SMILES string of the molecule is CC[C@H](C)C(=O)N=C1S[C@H]2CS(=O)(=O)C[C@H]2N1c1ccc(Cl)cc1. The van der Waals surface area contributed by atoms with Crippen LogP contribution in [0.2, 0.25) is 5.02 Å². The molecule has 5 nitrogen and oxygen atoms in total. The van der Waals surface area contributed by atoms with Crippen LogP contribution in [0.1, 0.15) is 20.3 Å². The van der Waals surface area contributed by atoms with Crippen molar-refractivity contribution in [1.82, 2.24) is 0 Å². The molecule has 0 N–H and O–H groups in total. The molecule has 2 saturated heterocycles. The van der Waals surface area contributed by atoms with Crippen molar-refractivity contribution in [1.29, 1.82) is 0 Å². The Labute approximate surface area is 151 Å². The molecule has 0 aliphatic carbocycles. The van der Waals surface area contributed by atoms with E-state index in [1.54, 1.807) is 12.1 Å². The lowest BCUT2D eigenvalue weighted by Crippen LogP contribution is -2.37. The Morgan fingerprint density at radius 1 is 1.38 bits per heavy atom. The zero-order valence-corrected chi connectivity index (χ0v) is 15.9. The number of carbonyl (C=O) groups is 1. The third-order valence-electron chi connectivity index (χ3n) is 4.41. The summed E-state index contributed by atoms with van der Waals surface area (Å²) in [7, 11) is -3.06. The Balaban J connectivity index is 1.98. The van der Waals surface area contributed by atoms with Gasteiger partial charge in [0.2, 0.25) is 0 Å². The number of amidine groups is 1. The number of hydrogen-bond donors (Lipinski definition) is 0. The Morgan fingerprint density at radius 2 is 2.04 bits per heavy atom. The van der Waals surface area contributed by atoms with Crippen molar-refractivity contribution < 1.29 is 13.2 Å². The molecule has 0 unspecified atom stereocenters. The predicted octanol–water partition coefficient (Wildman–Crippen LogP) is 2.99. The molecule has 8 heteroatoms. The van der Waals surface area contributed by atoms with Gasteiger partial charge in [0.15, 0.2) is 15.0 Å². The topological polar surface area (TPSA) is 66.8 Å². The highest BCUT2D eigenvalue weighted by atomic mass is 35.5. The number of hydrogen-bond acceptors (Lipinski definition) is 4. The first kappa shape index (κ1) is 17.8. The third kappa shape index (κ3) is 3.48. The summed E-state index contributed by atoms with van der Waals surface area (Å²) in [6.07, 6.45) is 0.725. The molecule has 3 rings (SSSR count). The van der Waals surface area contributed by atoms with Crippen LogP contribution in [0.25, 0.3) is 0 Å². The zero-order chi connectivity index (χ0) is 17.5. The summed E-state index contributed by atoms with van der Waals surface area (Å²) < 4.78 is 24.0. The van der Waals surface area contributed by atoms with Gasteiger partial charge in [-0.1, -0.05) is 37.2 Å². The molecule has 2 heterocycles. The molecule has 1 aromatic carbocycles. The Morgan fingerprint density at radius 3 is 2.67 bits per heavy atom. The average Bonchev–Trinajstić information content (AvgIpc) is 2.98. The maximum Gasteiger partial charge on any atom is 0.250 e.